The number of nitro benzene ring substituents is 1. The first-order valence-electron chi connectivity index (χ1n) is 7.96. The van der Waals surface area contributed by atoms with E-state index in [1.54, 1.807) is 0 Å². The maximum Gasteiger partial charge on any atom is 0.289 e. The highest BCUT2D eigenvalue weighted by molar-refractivity contribution is 6.33. The molecule has 4 atom stereocenters. The van der Waals surface area contributed by atoms with Gasteiger partial charge in [0.25, 0.3) is 5.69 Å². The van der Waals surface area contributed by atoms with E-state index in [9.17, 15) is 19.7 Å². The SMILES string of the molecule is O=C1[C@@H]2[C@H](C(=O)N1c1ccc(Cl)c([N+](=O)[O-])c1)[C@H]1C=C[C@@H]2C12CC2. The molecule has 0 radical (unpaired) electrons. The predicted molar refractivity (Wildman–Crippen MR) is 85.4 cm³/mol. The largest absolute Gasteiger partial charge is 0.289 e. The summed E-state index contributed by atoms with van der Waals surface area (Å²) < 4.78 is 0. The number of hydrogen-bond acceptors (Lipinski definition) is 4. The second-order valence-corrected chi connectivity index (χ2v) is 7.53. The molecule has 6 nitrogen and oxygen atoms in total. The Morgan fingerprint density at radius 3 is 2.21 bits per heavy atom. The van der Waals surface area contributed by atoms with Crippen LogP contribution in [-0.4, -0.2) is 16.7 Å². The summed E-state index contributed by atoms with van der Waals surface area (Å²) in [5.41, 5.74) is 0.0741. The number of rotatable bonds is 2. The standard InChI is InChI=1S/C17H13ClN2O4/c18-11-4-1-8(7-12(11)20(23)24)19-15(21)13-9-2-3-10(14(13)16(19)22)17(9)5-6-17/h1-4,7,9-10,13-14H,5-6H2/t9-,10+,13-,14+. The third-order valence-electron chi connectivity index (χ3n) is 6.24. The van der Waals surface area contributed by atoms with Crippen LogP contribution < -0.4 is 4.90 Å². The summed E-state index contributed by atoms with van der Waals surface area (Å²) in [5, 5.41) is 11.1. The summed E-state index contributed by atoms with van der Waals surface area (Å²) in [7, 11) is 0. The lowest BCUT2D eigenvalue weighted by atomic mass is 9.85. The first kappa shape index (κ1) is 14.2. The molecule has 3 fully saturated rings. The highest BCUT2D eigenvalue weighted by Gasteiger charge is 2.73. The molecule has 24 heavy (non-hydrogen) atoms. The molecule has 7 heteroatoms. The molecule has 1 aromatic carbocycles. The maximum absolute atomic E-state index is 12.9. The van der Waals surface area contributed by atoms with Gasteiger partial charge in [0.05, 0.1) is 22.4 Å². The number of imide groups is 1. The number of carbonyl (C=O) groups is 2. The molecule has 1 saturated heterocycles. The molecule has 122 valence electrons. The predicted octanol–water partition coefficient (Wildman–Crippen LogP) is 2.95. The fourth-order valence-corrected chi connectivity index (χ4v) is 5.30. The molecule has 0 N–H and O–H groups in total. The number of halogens is 1. The van der Waals surface area contributed by atoms with Gasteiger partial charge in [0.1, 0.15) is 5.02 Å². The number of fused-ring (bicyclic) bond motifs is 3. The number of benzene rings is 1. The van der Waals surface area contributed by atoms with Gasteiger partial charge in [0.2, 0.25) is 11.8 Å². The monoisotopic (exact) mass is 344 g/mol. The first-order valence-corrected chi connectivity index (χ1v) is 8.33. The van der Waals surface area contributed by atoms with Crippen LogP contribution in [0.2, 0.25) is 5.02 Å². The Kier molecular flexibility index (Phi) is 2.51. The fraction of sp³-hybridized carbons (Fsp3) is 0.412. The zero-order valence-corrected chi connectivity index (χ0v) is 13.3. The number of amides is 2. The van der Waals surface area contributed by atoms with Crippen molar-refractivity contribution in [3.8, 4) is 0 Å². The van der Waals surface area contributed by atoms with Gasteiger partial charge in [-0.3, -0.25) is 19.7 Å². The molecule has 5 rings (SSSR count). The minimum atomic E-state index is -0.609. The van der Waals surface area contributed by atoms with Crippen LogP contribution in [-0.2, 0) is 9.59 Å². The molecule has 1 aromatic rings. The number of nitrogens with zero attached hydrogens (tertiary/aromatic N) is 2. The number of nitro groups is 1. The molecule has 0 aromatic heterocycles. The van der Waals surface area contributed by atoms with Crippen LogP contribution in [0.1, 0.15) is 12.8 Å². The molecular formula is C17H13ClN2O4. The summed E-state index contributed by atoms with van der Waals surface area (Å²) in [4.78, 5) is 37.5. The van der Waals surface area contributed by atoms with E-state index in [4.69, 9.17) is 11.6 Å². The Labute approximate surface area is 142 Å². The van der Waals surface area contributed by atoms with Crippen molar-refractivity contribution in [2.24, 2.45) is 29.1 Å². The molecule has 1 spiro atoms. The zero-order valence-electron chi connectivity index (χ0n) is 12.5. The van der Waals surface area contributed by atoms with Crippen molar-refractivity contribution in [3.63, 3.8) is 0 Å². The normalized spacial score (nSPS) is 34.3. The highest BCUT2D eigenvalue weighted by atomic mass is 35.5. The van der Waals surface area contributed by atoms with Crippen molar-refractivity contribution in [3.05, 3.63) is 45.5 Å². The minimum Gasteiger partial charge on any atom is -0.274 e. The Morgan fingerprint density at radius 1 is 1.12 bits per heavy atom. The zero-order chi connectivity index (χ0) is 16.8. The maximum atomic E-state index is 12.9. The Morgan fingerprint density at radius 2 is 1.71 bits per heavy atom. The first-order chi connectivity index (χ1) is 11.5. The second kappa shape index (κ2) is 4.25. The smallest absolute Gasteiger partial charge is 0.274 e. The van der Waals surface area contributed by atoms with Crippen molar-refractivity contribution < 1.29 is 14.5 Å². The van der Waals surface area contributed by atoms with Crippen LogP contribution in [0.15, 0.2) is 30.4 Å². The van der Waals surface area contributed by atoms with Gasteiger partial charge in [-0.1, -0.05) is 23.8 Å². The van der Waals surface area contributed by atoms with Crippen LogP contribution in [0.3, 0.4) is 0 Å². The van der Waals surface area contributed by atoms with Gasteiger partial charge in [-0.2, -0.15) is 0 Å². The number of anilines is 1. The summed E-state index contributed by atoms with van der Waals surface area (Å²) >= 11 is 5.83. The van der Waals surface area contributed by atoms with Crippen LogP contribution in [0, 0.1) is 39.2 Å². The van der Waals surface area contributed by atoms with Crippen LogP contribution in [0.4, 0.5) is 11.4 Å². The van der Waals surface area contributed by atoms with Gasteiger partial charge in [-0.05, 0) is 42.2 Å². The van der Waals surface area contributed by atoms with Crippen molar-refractivity contribution in [1.29, 1.82) is 0 Å². The quantitative estimate of drug-likeness (QED) is 0.357. The van der Waals surface area contributed by atoms with E-state index in [-0.39, 0.29) is 57.3 Å². The van der Waals surface area contributed by atoms with Crippen LogP contribution in [0.25, 0.3) is 0 Å². The second-order valence-electron chi connectivity index (χ2n) is 7.13. The molecule has 3 aliphatic carbocycles. The molecule has 2 amide bonds. The van der Waals surface area contributed by atoms with Crippen LogP contribution >= 0.6 is 11.6 Å². The van der Waals surface area contributed by atoms with Crippen molar-refractivity contribution in [2.45, 2.75) is 12.8 Å². The van der Waals surface area contributed by atoms with E-state index >= 15 is 0 Å². The summed E-state index contributed by atoms with van der Waals surface area (Å²) in [6, 6.07) is 4.06. The average molecular weight is 345 g/mol. The molecule has 1 heterocycles. The van der Waals surface area contributed by atoms with E-state index in [0.717, 1.165) is 17.7 Å². The van der Waals surface area contributed by atoms with E-state index < -0.39 is 4.92 Å². The van der Waals surface area contributed by atoms with Crippen molar-refractivity contribution >= 4 is 34.8 Å². The van der Waals surface area contributed by atoms with E-state index in [1.807, 2.05) is 0 Å². The third kappa shape index (κ3) is 1.48. The highest BCUT2D eigenvalue weighted by Crippen LogP contribution is 2.73. The summed E-state index contributed by atoms with van der Waals surface area (Å²) in [6.45, 7) is 0. The number of hydrogen-bond donors (Lipinski definition) is 0. The van der Waals surface area contributed by atoms with E-state index in [0.29, 0.717) is 0 Å². The lowest BCUT2D eigenvalue weighted by Crippen LogP contribution is -2.34. The minimum absolute atomic E-state index is 0.0123. The average Bonchev–Trinajstić information content (AvgIpc) is 3.14. The number of allylic oxidation sites excluding steroid dienone is 2. The summed E-state index contributed by atoms with van der Waals surface area (Å²) in [6.07, 6.45) is 6.35. The van der Waals surface area contributed by atoms with Crippen molar-refractivity contribution in [2.75, 3.05) is 4.90 Å². The van der Waals surface area contributed by atoms with Gasteiger partial charge in [0.15, 0.2) is 0 Å². The van der Waals surface area contributed by atoms with E-state index in [1.165, 1.54) is 18.2 Å². The Bertz CT molecular complexity index is 826. The Hall–Kier alpha value is -2.21. The molecule has 2 bridgehead atoms. The van der Waals surface area contributed by atoms with Gasteiger partial charge in [0, 0.05) is 6.07 Å². The number of carbonyl (C=O) groups excluding carboxylic acids is 2. The van der Waals surface area contributed by atoms with Crippen LogP contribution in [0.5, 0.6) is 0 Å². The van der Waals surface area contributed by atoms with Crippen molar-refractivity contribution in [1.82, 2.24) is 0 Å². The Balaban J connectivity index is 1.56. The molecule has 2 saturated carbocycles. The topological polar surface area (TPSA) is 80.5 Å². The summed E-state index contributed by atoms with van der Waals surface area (Å²) in [5.74, 6) is -0.823. The molecule has 0 unspecified atom stereocenters. The van der Waals surface area contributed by atoms with Gasteiger partial charge in [-0.25, -0.2) is 4.90 Å². The molecule has 4 aliphatic rings. The lowest BCUT2D eigenvalue weighted by molar-refractivity contribution is -0.384. The fourth-order valence-electron chi connectivity index (χ4n) is 5.11. The lowest BCUT2D eigenvalue weighted by Gasteiger charge is -2.21. The van der Waals surface area contributed by atoms with E-state index in [2.05, 4.69) is 12.2 Å². The van der Waals surface area contributed by atoms with Gasteiger partial charge in [-0.15, -0.1) is 0 Å². The third-order valence-corrected chi connectivity index (χ3v) is 6.56. The van der Waals surface area contributed by atoms with Gasteiger partial charge < -0.3 is 0 Å². The molecular weight excluding hydrogens is 332 g/mol. The van der Waals surface area contributed by atoms with Gasteiger partial charge >= 0.3 is 0 Å². The molecule has 1 aliphatic heterocycles.